The number of halogens is 2. The summed E-state index contributed by atoms with van der Waals surface area (Å²) in [4.78, 5) is 0. The number of fused-ring (bicyclic) bond motifs is 2. The van der Waals surface area contributed by atoms with Crippen molar-refractivity contribution in [3.8, 4) is 5.75 Å². The first-order valence-electron chi connectivity index (χ1n) is 10.8. The predicted molar refractivity (Wildman–Crippen MR) is 105 cm³/mol. The van der Waals surface area contributed by atoms with Gasteiger partial charge in [-0.15, -0.1) is 0 Å². The van der Waals surface area contributed by atoms with Crippen molar-refractivity contribution in [1.29, 1.82) is 0 Å². The molecule has 3 aliphatic rings. The van der Waals surface area contributed by atoms with Crippen LogP contribution in [0.2, 0.25) is 0 Å². The molecule has 148 valence electrons. The molecule has 27 heavy (non-hydrogen) atoms. The summed E-state index contributed by atoms with van der Waals surface area (Å²) < 4.78 is 34.5. The van der Waals surface area contributed by atoms with Crippen LogP contribution in [0.15, 0.2) is 18.7 Å². The van der Waals surface area contributed by atoms with Gasteiger partial charge in [0.1, 0.15) is 6.61 Å². The third kappa shape index (κ3) is 3.79. The van der Waals surface area contributed by atoms with Gasteiger partial charge in [0.25, 0.3) is 0 Å². The molecular formula is C24H32F2O. The van der Waals surface area contributed by atoms with E-state index in [1.807, 2.05) is 0 Å². The van der Waals surface area contributed by atoms with Crippen LogP contribution in [0.4, 0.5) is 8.78 Å². The van der Waals surface area contributed by atoms with Gasteiger partial charge in [0.15, 0.2) is 11.6 Å². The van der Waals surface area contributed by atoms with Crippen LogP contribution in [0, 0.1) is 41.2 Å². The first kappa shape index (κ1) is 19.0. The Morgan fingerprint density at radius 2 is 1.70 bits per heavy atom. The molecule has 0 bridgehead atoms. The third-order valence-electron chi connectivity index (χ3n) is 7.56. The number of hydrogen-bond donors (Lipinski definition) is 0. The largest absolute Gasteiger partial charge is 0.486 e. The lowest BCUT2D eigenvalue weighted by atomic mass is 9.61. The lowest BCUT2D eigenvalue weighted by Crippen LogP contribution is -2.34. The summed E-state index contributed by atoms with van der Waals surface area (Å²) in [6, 6.07) is 1.72. The highest BCUT2D eigenvalue weighted by Crippen LogP contribution is 2.48. The Balaban J connectivity index is 1.47. The smallest absolute Gasteiger partial charge is 0.200 e. The minimum atomic E-state index is -0.832. The molecule has 2 fully saturated rings. The molecule has 3 heteroatoms. The van der Waals surface area contributed by atoms with Gasteiger partial charge in [-0.3, -0.25) is 0 Å². The van der Waals surface area contributed by atoms with Crippen LogP contribution in [0.25, 0.3) is 0 Å². The Bertz CT molecular complexity index is 698. The number of hydrogen-bond acceptors (Lipinski definition) is 1. The quantitative estimate of drug-likeness (QED) is 0.548. The molecular weight excluding hydrogens is 342 g/mol. The van der Waals surface area contributed by atoms with Crippen LogP contribution in [-0.4, -0.2) is 6.61 Å². The zero-order chi connectivity index (χ0) is 19.0. The molecule has 0 spiro atoms. The van der Waals surface area contributed by atoms with Crippen molar-refractivity contribution in [1.82, 2.24) is 0 Å². The second kappa shape index (κ2) is 7.93. The highest BCUT2D eigenvalue weighted by Gasteiger charge is 2.38. The lowest BCUT2D eigenvalue weighted by molar-refractivity contribution is 0.0753. The maximum absolute atomic E-state index is 14.7. The molecule has 4 rings (SSSR count). The first-order valence-corrected chi connectivity index (χ1v) is 10.8. The van der Waals surface area contributed by atoms with Crippen LogP contribution in [0.3, 0.4) is 0 Å². The Morgan fingerprint density at radius 3 is 2.48 bits per heavy atom. The molecule has 0 aliphatic heterocycles. The van der Waals surface area contributed by atoms with E-state index in [1.54, 1.807) is 12.1 Å². The van der Waals surface area contributed by atoms with E-state index in [4.69, 9.17) is 4.74 Å². The fraction of sp³-hybridized carbons (Fsp3) is 0.667. The predicted octanol–water partition coefficient (Wildman–Crippen LogP) is 6.49. The molecule has 0 aromatic heterocycles. The Morgan fingerprint density at radius 1 is 1.00 bits per heavy atom. The van der Waals surface area contributed by atoms with E-state index in [-0.39, 0.29) is 12.4 Å². The van der Waals surface area contributed by atoms with Gasteiger partial charge < -0.3 is 4.74 Å². The number of ether oxygens (including phenoxy) is 1. The molecule has 3 aliphatic carbocycles. The van der Waals surface area contributed by atoms with Crippen molar-refractivity contribution in [2.75, 3.05) is 6.61 Å². The van der Waals surface area contributed by atoms with Crippen molar-refractivity contribution in [2.45, 2.75) is 64.7 Å². The molecule has 2 saturated carbocycles. The molecule has 1 aromatic rings. The zero-order valence-corrected chi connectivity index (χ0v) is 16.5. The molecule has 1 nitrogen and oxygen atoms in total. The fourth-order valence-electron chi connectivity index (χ4n) is 6.08. The molecule has 0 heterocycles. The number of benzene rings is 1. The van der Waals surface area contributed by atoms with Crippen LogP contribution >= 0.6 is 0 Å². The van der Waals surface area contributed by atoms with E-state index in [0.717, 1.165) is 36.2 Å². The van der Waals surface area contributed by atoms with Crippen LogP contribution in [0.1, 0.15) is 63.0 Å². The van der Waals surface area contributed by atoms with Gasteiger partial charge in [0, 0.05) is 0 Å². The van der Waals surface area contributed by atoms with Gasteiger partial charge in [0.05, 0.1) is 0 Å². The van der Waals surface area contributed by atoms with Gasteiger partial charge in [-0.2, -0.15) is 4.39 Å². The number of rotatable bonds is 4. The van der Waals surface area contributed by atoms with E-state index in [0.29, 0.717) is 23.8 Å². The molecule has 0 N–H and O–H groups in total. The standard InChI is InChI=1S/C24H32F2O/c1-3-10-27-22-14-20-9-8-19(13-21(20)23(25)24(22)26)18-7-6-16-11-15(2)4-5-17(16)12-18/h3,14-19H,1,4-13H2,2H3. The molecule has 5 unspecified atom stereocenters. The maximum atomic E-state index is 14.7. The lowest BCUT2D eigenvalue weighted by Gasteiger charge is -2.44. The topological polar surface area (TPSA) is 9.23 Å². The highest BCUT2D eigenvalue weighted by atomic mass is 19.2. The van der Waals surface area contributed by atoms with Crippen molar-refractivity contribution in [2.24, 2.45) is 29.6 Å². The highest BCUT2D eigenvalue weighted by molar-refractivity contribution is 5.40. The minimum absolute atomic E-state index is 0.0291. The fourth-order valence-corrected chi connectivity index (χ4v) is 6.08. The summed E-state index contributed by atoms with van der Waals surface area (Å²) in [7, 11) is 0. The van der Waals surface area contributed by atoms with Crippen LogP contribution in [0.5, 0.6) is 5.75 Å². The average molecular weight is 375 g/mol. The van der Waals surface area contributed by atoms with Gasteiger partial charge >= 0.3 is 0 Å². The summed E-state index contributed by atoms with van der Waals surface area (Å²) in [5.74, 6) is 2.38. The monoisotopic (exact) mass is 374 g/mol. The SMILES string of the molecule is C=CCOc1cc2c(c(F)c1F)CC(C1CCC3CC(C)CCC3C1)CC2. The average Bonchev–Trinajstić information content (AvgIpc) is 2.69. The van der Waals surface area contributed by atoms with Crippen LogP contribution in [-0.2, 0) is 12.8 Å². The van der Waals surface area contributed by atoms with Crippen molar-refractivity contribution < 1.29 is 13.5 Å². The molecule has 0 saturated heterocycles. The maximum Gasteiger partial charge on any atom is 0.200 e. The molecule has 0 amide bonds. The zero-order valence-electron chi connectivity index (χ0n) is 16.5. The summed E-state index contributed by atoms with van der Waals surface area (Å²) in [5, 5.41) is 0. The van der Waals surface area contributed by atoms with E-state index in [1.165, 1.54) is 38.5 Å². The second-order valence-electron chi connectivity index (χ2n) is 9.25. The summed E-state index contributed by atoms with van der Waals surface area (Å²) in [6.45, 7) is 6.16. The van der Waals surface area contributed by atoms with Gasteiger partial charge in [-0.05, 0) is 98.1 Å². The Hall–Kier alpha value is -1.38. The summed E-state index contributed by atoms with van der Waals surface area (Å²) >= 11 is 0. The van der Waals surface area contributed by atoms with E-state index in [2.05, 4.69) is 13.5 Å². The van der Waals surface area contributed by atoms with Crippen molar-refractivity contribution in [3.63, 3.8) is 0 Å². The second-order valence-corrected chi connectivity index (χ2v) is 9.25. The summed E-state index contributed by atoms with van der Waals surface area (Å²) in [6.07, 6.45) is 12.2. The van der Waals surface area contributed by atoms with E-state index >= 15 is 0 Å². The van der Waals surface area contributed by atoms with Gasteiger partial charge in [0.2, 0.25) is 5.82 Å². The van der Waals surface area contributed by atoms with Gasteiger partial charge in [-0.1, -0.05) is 26.0 Å². The molecule has 5 atom stereocenters. The minimum Gasteiger partial charge on any atom is -0.486 e. The first-order chi connectivity index (χ1) is 13.1. The van der Waals surface area contributed by atoms with Gasteiger partial charge in [-0.25, -0.2) is 4.39 Å². The third-order valence-corrected chi connectivity index (χ3v) is 7.56. The Kier molecular flexibility index (Phi) is 5.57. The van der Waals surface area contributed by atoms with Crippen LogP contribution < -0.4 is 4.74 Å². The van der Waals surface area contributed by atoms with E-state index in [9.17, 15) is 8.78 Å². The Labute approximate surface area is 162 Å². The number of aryl methyl sites for hydroxylation is 1. The molecule has 1 aromatic carbocycles. The normalized spacial score (nSPS) is 33.1. The summed E-state index contributed by atoms with van der Waals surface area (Å²) in [5.41, 5.74) is 1.54. The van der Waals surface area contributed by atoms with Crippen molar-refractivity contribution >= 4 is 0 Å². The van der Waals surface area contributed by atoms with E-state index < -0.39 is 11.6 Å². The molecule has 0 radical (unpaired) electrons. The van der Waals surface area contributed by atoms with Crippen molar-refractivity contribution in [3.05, 3.63) is 41.5 Å².